The third kappa shape index (κ3) is 3.19. The Kier molecular flexibility index (Phi) is 4.19. The van der Waals surface area contributed by atoms with Crippen LogP contribution in [0.3, 0.4) is 0 Å². The number of nitro groups is 1. The minimum atomic E-state index is -0.478. The molecule has 0 atom stereocenters. The maximum atomic E-state index is 11.9. The van der Waals surface area contributed by atoms with Crippen molar-refractivity contribution in [3.8, 4) is 11.6 Å². The SMILES string of the molecule is Cc1cc(C)cc(Oc2ncnc(N3CCc4ccccc43)c2[N+](=O)[O-])c1. The number of nitrogens with zero attached hydrogens (tertiary/aromatic N) is 4. The summed E-state index contributed by atoms with van der Waals surface area (Å²) in [7, 11) is 0. The molecule has 1 aromatic heterocycles. The van der Waals surface area contributed by atoms with Gasteiger partial charge in [-0.3, -0.25) is 10.1 Å². The van der Waals surface area contributed by atoms with Gasteiger partial charge in [0.1, 0.15) is 12.1 Å². The Morgan fingerprint density at radius 1 is 1.11 bits per heavy atom. The minimum absolute atomic E-state index is 0.0561. The lowest BCUT2D eigenvalue weighted by Gasteiger charge is -2.18. The zero-order valence-electron chi connectivity index (χ0n) is 15.0. The van der Waals surface area contributed by atoms with Crippen LogP contribution in [0.5, 0.6) is 11.6 Å². The van der Waals surface area contributed by atoms with Crippen molar-refractivity contribution in [3.05, 3.63) is 75.6 Å². The Hall–Kier alpha value is -3.48. The third-order valence-corrected chi connectivity index (χ3v) is 4.50. The molecule has 0 N–H and O–H groups in total. The van der Waals surface area contributed by atoms with Gasteiger partial charge >= 0.3 is 11.6 Å². The van der Waals surface area contributed by atoms with E-state index in [1.807, 2.05) is 61.2 Å². The largest absolute Gasteiger partial charge is 0.434 e. The van der Waals surface area contributed by atoms with Crippen LogP contribution in [0.2, 0.25) is 0 Å². The molecule has 2 aromatic carbocycles. The lowest BCUT2D eigenvalue weighted by atomic mass is 10.1. The normalized spacial score (nSPS) is 12.7. The highest BCUT2D eigenvalue weighted by Crippen LogP contribution is 2.42. The van der Waals surface area contributed by atoms with Gasteiger partial charge in [0.25, 0.3) is 0 Å². The van der Waals surface area contributed by atoms with Gasteiger partial charge in [-0.1, -0.05) is 24.3 Å². The van der Waals surface area contributed by atoms with Gasteiger partial charge in [0, 0.05) is 12.2 Å². The number of anilines is 2. The van der Waals surface area contributed by atoms with Gasteiger partial charge in [-0.05, 0) is 55.2 Å². The van der Waals surface area contributed by atoms with E-state index in [0.29, 0.717) is 12.3 Å². The van der Waals surface area contributed by atoms with Gasteiger partial charge in [0.05, 0.1) is 4.92 Å². The van der Waals surface area contributed by atoms with Crippen LogP contribution in [-0.2, 0) is 6.42 Å². The summed E-state index contributed by atoms with van der Waals surface area (Å²) in [6, 6.07) is 13.5. The summed E-state index contributed by atoms with van der Waals surface area (Å²) < 4.78 is 5.80. The molecular weight excluding hydrogens is 344 g/mol. The van der Waals surface area contributed by atoms with E-state index in [0.717, 1.165) is 28.8 Å². The zero-order chi connectivity index (χ0) is 19.0. The number of hydrogen-bond donors (Lipinski definition) is 0. The predicted octanol–water partition coefficient (Wildman–Crippen LogP) is 4.49. The molecule has 3 aromatic rings. The van der Waals surface area contributed by atoms with Crippen LogP contribution in [-0.4, -0.2) is 21.4 Å². The van der Waals surface area contributed by atoms with Gasteiger partial charge < -0.3 is 9.64 Å². The topological polar surface area (TPSA) is 81.4 Å². The van der Waals surface area contributed by atoms with E-state index in [-0.39, 0.29) is 17.4 Å². The first-order chi connectivity index (χ1) is 13.0. The molecule has 7 heteroatoms. The van der Waals surface area contributed by atoms with E-state index >= 15 is 0 Å². The Balaban J connectivity index is 1.79. The first-order valence-electron chi connectivity index (χ1n) is 8.64. The van der Waals surface area contributed by atoms with Crippen molar-refractivity contribution in [2.24, 2.45) is 0 Å². The zero-order valence-corrected chi connectivity index (χ0v) is 15.0. The molecule has 0 fully saturated rings. The molecule has 1 aliphatic heterocycles. The van der Waals surface area contributed by atoms with Crippen molar-refractivity contribution >= 4 is 17.2 Å². The lowest BCUT2D eigenvalue weighted by Crippen LogP contribution is -2.17. The Morgan fingerprint density at radius 3 is 2.59 bits per heavy atom. The van der Waals surface area contributed by atoms with E-state index < -0.39 is 4.92 Å². The molecule has 0 saturated carbocycles. The van der Waals surface area contributed by atoms with E-state index in [9.17, 15) is 10.1 Å². The van der Waals surface area contributed by atoms with Crippen molar-refractivity contribution < 1.29 is 9.66 Å². The molecule has 1 aliphatic rings. The average molecular weight is 362 g/mol. The molecule has 0 radical (unpaired) electrons. The van der Waals surface area contributed by atoms with Crippen LogP contribution in [0, 0.1) is 24.0 Å². The Morgan fingerprint density at radius 2 is 1.85 bits per heavy atom. The highest BCUT2D eigenvalue weighted by Gasteiger charge is 2.32. The molecule has 4 rings (SSSR count). The molecule has 0 bridgehead atoms. The minimum Gasteiger partial charge on any atom is -0.434 e. The maximum absolute atomic E-state index is 11.9. The van der Waals surface area contributed by atoms with E-state index in [1.54, 1.807) is 0 Å². The van der Waals surface area contributed by atoms with Crippen molar-refractivity contribution in [2.45, 2.75) is 20.3 Å². The van der Waals surface area contributed by atoms with Gasteiger partial charge in [-0.15, -0.1) is 0 Å². The molecule has 0 spiro atoms. The summed E-state index contributed by atoms with van der Waals surface area (Å²) in [5.41, 5.74) is 3.86. The molecule has 0 unspecified atom stereocenters. The van der Waals surface area contributed by atoms with Crippen LogP contribution >= 0.6 is 0 Å². The highest BCUT2D eigenvalue weighted by molar-refractivity contribution is 5.75. The number of rotatable bonds is 4. The van der Waals surface area contributed by atoms with Crippen molar-refractivity contribution in [3.63, 3.8) is 0 Å². The summed E-state index contributed by atoms with van der Waals surface area (Å²) in [6.45, 7) is 4.52. The predicted molar refractivity (Wildman–Crippen MR) is 102 cm³/mol. The van der Waals surface area contributed by atoms with Crippen molar-refractivity contribution in [2.75, 3.05) is 11.4 Å². The van der Waals surface area contributed by atoms with E-state index in [1.165, 1.54) is 6.33 Å². The van der Waals surface area contributed by atoms with E-state index in [2.05, 4.69) is 9.97 Å². The maximum Gasteiger partial charge on any atom is 0.373 e. The number of benzene rings is 2. The fourth-order valence-electron chi connectivity index (χ4n) is 3.45. The molecule has 2 heterocycles. The van der Waals surface area contributed by atoms with Crippen molar-refractivity contribution in [1.29, 1.82) is 0 Å². The Bertz CT molecular complexity index is 1020. The van der Waals surface area contributed by atoms with Crippen LogP contribution in [0.15, 0.2) is 48.8 Å². The second-order valence-electron chi connectivity index (χ2n) is 6.56. The second-order valence-corrected chi connectivity index (χ2v) is 6.56. The molecule has 27 heavy (non-hydrogen) atoms. The van der Waals surface area contributed by atoms with Gasteiger partial charge in [-0.2, -0.15) is 4.98 Å². The highest BCUT2D eigenvalue weighted by atomic mass is 16.6. The summed E-state index contributed by atoms with van der Waals surface area (Å²) >= 11 is 0. The Labute approximate surface area is 156 Å². The lowest BCUT2D eigenvalue weighted by molar-refractivity contribution is -0.385. The fraction of sp³-hybridized carbons (Fsp3) is 0.200. The fourth-order valence-corrected chi connectivity index (χ4v) is 3.45. The van der Waals surface area contributed by atoms with Crippen LogP contribution < -0.4 is 9.64 Å². The second kappa shape index (κ2) is 6.68. The monoisotopic (exact) mass is 362 g/mol. The van der Waals surface area contributed by atoms with Crippen LogP contribution in [0.1, 0.15) is 16.7 Å². The molecule has 0 amide bonds. The summed E-state index contributed by atoms with van der Waals surface area (Å²) in [5, 5.41) is 11.9. The smallest absolute Gasteiger partial charge is 0.373 e. The number of aromatic nitrogens is 2. The molecular formula is C20H18N4O3. The first-order valence-corrected chi connectivity index (χ1v) is 8.64. The molecule has 136 valence electrons. The number of ether oxygens (including phenoxy) is 1. The summed E-state index contributed by atoms with van der Waals surface area (Å²) in [4.78, 5) is 21.5. The van der Waals surface area contributed by atoms with Crippen LogP contribution in [0.4, 0.5) is 17.2 Å². The van der Waals surface area contributed by atoms with Gasteiger partial charge in [0.2, 0.25) is 5.82 Å². The molecule has 7 nitrogen and oxygen atoms in total. The van der Waals surface area contributed by atoms with Crippen LogP contribution in [0.25, 0.3) is 0 Å². The summed E-state index contributed by atoms with van der Waals surface area (Å²) in [5.74, 6) is 0.709. The van der Waals surface area contributed by atoms with Gasteiger partial charge in [-0.25, -0.2) is 4.98 Å². The number of hydrogen-bond acceptors (Lipinski definition) is 6. The number of para-hydroxylation sites is 1. The standard InChI is InChI=1S/C20H18N4O3/c1-13-9-14(2)11-16(10-13)27-20-18(24(25)26)19(21-12-22-20)23-8-7-15-5-3-4-6-17(15)23/h3-6,9-12H,7-8H2,1-2H3. The number of aryl methyl sites for hydroxylation is 2. The quantitative estimate of drug-likeness (QED) is 0.502. The molecule has 0 aliphatic carbocycles. The third-order valence-electron chi connectivity index (χ3n) is 4.50. The van der Waals surface area contributed by atoms with Crippen molar-refractivity contribution in [1.82, 2.24) is 9.97 Å². The van der Waals surface area contributed by atoms with E-state index in [4.69, 9.17) is 4.74 Å². The molecule has 0 saturated heterocycles. The first kappa shape index (κ1) is 17.0. The summed E-state index contributed by atoms with van der Waals surface area (Å²) in [6.07, 6.45) is 2.12. The van der Waals surface area contributed by atoms with Gasteiger partial charge in [0.15, 0.2) is 0 Å². The average Bonchev–Trinajstić information content (AvgIpc) is 3.04. The number of fused-ring (bicyclic) bond motifs is 1.